The van der Waals surface area contributed by atoms with Crippen molar-refractivity contribution >= 4 is 39.3 Å². The molecule has 3 N–H and O–H groups in total. The van der Waals surface area contributed by atoms with Crippen LogP contribution in [-0.4, -0.2) is 28.5 Å². The highest BCUT2D eigenvalue weighted by Gasteiger charge is 2.10. The molecular formula is C18H19ClN2O5S. The van der Waals surface area contributed by atoms with E-state index in [2.05, 4.69) is 5.32 Å². The molecule has 7 nitrogen and oxygen atoms in total. The molecule has 0 spiro atoms. The van der Waals surface area contributed by atoms with Crippen LogP contribution in [0.2, 0.25) is 5.02 Å². The molecule has 0 saturated carbocycles. The highest BCUT2D eigenvalue weighted by Crippen LogP contribution is 2.36. The fraction of sp³-hybridized carbons (Fsp3) is 0.167. The lowest BCUT2D eigenvalue weighted by molar-refractivity contribution is -0.111. The summed E-state index contributed by atoms with van der Waals surface area (Å²) in [6.07, 6.45) is 2.92. The maximum Gasteiger partial charge on any atom is 0.248 e. The Morgan fingerprint density at radius 1 is 1.19 bits per heavy atom. The second-order valence-electron chi connectivity index (χ2n) is 5.56. The summed E-state index contributed by atoms with van der Waals surface area (Å²) in [5.74, 6) is 0.247. The molecule has 1 amide bonds. The maximum absolute atomic E-state index is 12.1. The predicted molar refractivity (Wildman–Crippen MR) is 105 cm³/mol. The Hall–Kier alpha value is -2.55. The second-order valence-corrected chi connectivity index (χ2v) is 7.59. The maximum atomic E-state index is 12.1. The molecule has 0 atom stereocenters. The number of rotatable bonds is 7. The van der Waals surface area contributed by atoms with Crippen molar-refractivity contribution in [3.8, 4) is 11.5 Å². The quantitative estimate of drug-likeness (QED) is 0.682. The fourth-order valence-electron chi connectivity index (χ4n) is 2.31. The van der Waals surface area contributed by atoms with Crippen LogP contribution in [-0.2, 0) is 20.6 Å². The summed E-state index contributed by atoms with van der Waals surface area (Å²) in [7, 11) is -0.614. The van der Waals surface area contributed by atoms with Crippen LogP contribution in [0.1, 0.15) is 11.1 Å². The van der Waals surface area contributed by atoms with Crippen molar-refractivity contribution in [2.45, 2.75) is 5.75 Å². The van der Waals surface area contributed by atoms with Crippen LogP contribution in [0.15, 0.2) is 42.5 Å². The molecule has 2 aromatic carbocycles. The van der Waals surface area contributed by atoms with E-state index in [9.17, 15) is 13.2 Å². The normalized spacial score (nSPS) is 11.4. The number of methoxy groups -OCH3 is 2. The van der Waals surface area contributed by atoms with Gasteiger partial charge in [-0.25, -0.2) is 13.6 Å². The van der Waals surface area contributed by atoms with Crippen molar-refractivity contribution in [3.05, 3.63) is 58.6 Å². The number of sulfonamides is 1. The summed E-state index contributed by atoms with van der Waals surface area (Å²) in [5.41, 5.74) is 1.72. The highest BCUT2D eigenvalue weighted by molar-refractivity contribution is 7.88. The summed E-state index contributed by atoms with van der Waals surface area (Å²) in [6.45, 7) is 0. The van der Waals surface area contributed by atoms with Gasteiger partial charge in [-0.05, 0) is 41.5 Å². The Kier molecular flexibility index (Phi) is 6.84. The van der Waals surface area contributed by atoms with Crippen LogP contribution >= 0.6 is 11.6 Å². The Labute approximate surface area is 162 Å². The molecule has 27 heavy (non-hydrogen) atoms. The number of anilines is 1. The number of carbonyl (C=O) groups excluding carboxylic acids is 1. The van der Waals surface area contributed by atoms with Crippen molar-refractivity contribution in [1.29, 1.82) is 0 Å². The number of hydrogen-bond acceptors (Lipinski definition) is 5. The molecular weight excluding hydrogens is 392 g/mol. The largest absolute Gasteiger partial charge is 0.493 e. The summed E-state index contributed by atoms with van der Waals surface area (Å²) in [6, 6.07) is 9.69. The van der Waals surface area contributed by atoms with Crippen molar-refractivity contribution in [3.63, 3.8) is 0 Å². The average molecular weight is 411 g/mol. The SMILES string of the molecule is COc1cc(/C=C/C(=O)Nc2ccc(CS(N)(=O)=O)cc2)cc(Cl)c1OC. The lowest BCUT2D eigenvalue weighted by Gasteiger charge is -2.10. The molecule has 0 unspecified atom stereocenters. The van der Waals surface area contributed by atoms with E-state index in [0.29, 0.717) is 33.3 Å². The van der Waals surface area contributed by atoms with Gasteiger partial charge in [-0.3, -0.25) is 4.79 Å². The molecule has 0 aromatic heterocycles. The molecule has 0 heterocycles. The Morgan fingerprint density at radius 2 is 1.85 bits per heavy atom. The van der Waals surface area contributed by atoms with E-state index in [4.69, 9.17) is 26.2 Å². The van der Waals surface area contributed by atoms with E-state index in [1.807, 2.05) is 0 Å². The first-order chi connectivity index (χ1) is 12.7. The third kappa shape index (κ3) is 6.28. The zero-order valence-corrected chi connectivity index (χ0v) is 16.3. The van der Waals surface area contributed by atoms with E-state index in [0.717, 1.165) is 0 Å². The molecule has 144 valence electrons. The molecule has 0 radical (unpaired) electrons. The lowest BCUT2D eigenvalue weighted by atomic mass is 10.2. The number of nitrogens with two attached hydrogens (primary N) is 1. The number of nitrogens with one attached hydrogen (secondary N) is 1. The second kappa shape index (κ2) is 8.90. The molecule has 0 fully saturated rings. The van der Waals surface area contributed by atoms with Crippen LogP contribution in [0, 0.1) is 0 Å². The first-order valence-electron chi connectivity index (χ1n) is 7.72. The third-order valence-corrected chi connectivity index (χ3v) is 4.49. The number of primary sulfonamides is 1. The van der Waals surface area contributed by atoms with Gasteiger partial charge in [0.1, 0.15) is 0 Å². The van der Waals surface area contributed by atoms with Gasteiger partial charge in [-0.15, -0.1) is 0 Å². The highest BCUT2D eigenvalue weighted by atomic mass is 35.5. The van der Waals surface area contributed by atoms with E-state index in [-0.39, 0.29) is 11.7 Å². The first-order valence-corrected chi connectivity index (χ1v) is 9.81. The molecule has 2 rings (SSSR count). The first kappa shape index (κ1) is 20.8. The molecule has 0 aliphatic heterocycles. The smallest absolute Gasteiger partial charge is 0.248 e. The Morgan fingerprint density at radius 3 is 2.41 bits per heavy atom. The van der Waals surface area contributed by atoms with Gasteiger partial charge in [0.15, 0.2) is 11.5 Å². The molecule has 0 bridgehead atoms. The van der Waals surface area contributed by atoms with Crippen molar-refractivity contribution in [2.75, 3.05) is 19.5 Å². The van der Waals surface area contributed by atoms with Crippen molar-refractivity contribution in [2.24, 2.45) is 5.14 Å². The van der Waals surface area contributed by atoms with Gasteiger partial charge in [0.2, 0.25) is 15.9 Å². The molecule has 0 aliphatic carbocycles. The van der Waals surface area contributed by atoms with Gasteiger partial charge >= 0.3 is 0 Å². The van der Waals surface area contributed by atoms with Crippen LogP contribution in [0.25, 0.3) is 6.08 Å². The van der Waals surface area contributed by atoms with Crippen molar-refractivity contribution < 1.29 is 22.7 Å². The topological polar surface area (TPSA) is 108 Å². The lowest BCUT2D eigenvalue weighted by Crippen LogP contribution is -2.14. The van der Waals surface area contributed by atoms with E-state index >= 15 is 0 Å². The summed E-state index contributed by atoms with van der Waals surface area (Å²) < 4.78 is 32.5. The minimum atomic E-state index is -3.60. The number of halogens is 1. The van der Waals surface area contributed by atoms with Crippen LogP contribution < -0.4 is 19.9 Å². The van der Waals surface area contributed by atoms with Crippen LogP contribution in [0.5, 0.6) is 11.5 Å². The van der Waals surface area contributed by atoms with Gasteiger partial charge in [-0.1, -0.05) is 23.7 Å². The minimum Gasteiger partial charge on any atom is -0.493 e. The fourth-order valence-corrected chi connectivity index (χ4v) is 3.26. The van der Waals surface area contributed by atoms with E-state index in [1.165, 1.54) is 20.3 Å². The number of amides is 1. The molecule has 2 aromatic rings. The van der Waals surface area contributed by atoms with E-state index in [1.54, 1.807) is 42.5 Å². The number of benzene rings is 2. The zero-order valence-electron chi connectivity index (χ0n) is 14.7. The standard InChI is InChI=1S/C18H19ClN2O5S/c1-25-16-10-13(9-15(19)18(16)26-2)5-8-17(22)21-14-6-3-12(4-7-14)11-27(20,23)24/h3-10H,11H2,1-2H3,(H,21,22)(H2,20,23,24)/b8-5+. The summed E-state index contributed by atoms with van der Waals surface area (Å²) >= 11 is 6.13. The Balaban J connectivity index is 2.06. The summed E-state index contributed by atoms with van der Waals surface area (Å²) in [4.78, 5) is 12.1. The number of hydrogen-bond donors (Lipinski definition) is 2. The third-order valence-electron chi connectivity index (χ3n) is 3.47. The molecule has 9 heteroatoms. The van der Waals surface area contributed by atoms with Crippen LogP contribution in [0.3, 0.4) is 0 Å². The summed E-state index contributed by atoms with van der Waals surface area (Å²) in [5, 5.41) is 8.03. The van der Waals surface area contributed by atoms with Gasteiger partial charge in [0.25, 0.3) is 0 Å². The van der Waals surface area contributed by atoms with Gasteiger partial charge in [0.05, 0.1) is 25.0 Å². The number of ether oxygens (including phenoxy) is 2. The van der Waals surface area contributed by atoms with Crippen LogP contribution in [0.4, 0.5) is 5.69 Å². The van der Waals surface area contributed by atoms with Crippen molar-refractivity contribution in [1.82, 2.24) is 0 Å². The zero-order chi connectivity index (χ0) is 20.0. The molecule has 0 saturated heterocycles. The van der Waals surface area contributed by atoms with Gasteiger partial charge < -0.3 is 14.8 Å². The van der Waals surface area contributed by atoms with E-state index < -0.39 is 10.0 Å². The minimum absolute atomic E-state index is 0.263. The van der Waals surface area contributed by atoms with Gasteiger partial charge in [-0.2, -0.15) is 0 Å². The monoisotopic (exact) mass is 410 g/mol. The predicted octanol–water partition coefficient (Wildman–Crippen LogP) is 2.80. The van der Waals surface area contributed by atoms with Gasteiger partial charge in [0, 0.05) is 11.8 Å². The average Bonchev–Trinajstić information content (AvgIpc) is 2.60. The Bertz CT molecular complexity index is 956. The number of carbonyl (C=O) groups is 1. The molecule has 0 aliphatic rings.